The maximum atomic E-state index is 2.00. The molecule has 0 aliphatic carbocycles. The Bertz CT molecular complexity index is 17.7. The molecule has 0 rings (SSSR count). The highest BCUT2D eigenvalue weighted by atomic mass is 35.5. The fourth-order valence-corrected chi connectivity index (χ4v) is 0. The Kier molecular flexibility index (Phi) is 54.7. The predicted octanol–water partition coefficient (Wildman–Crippen LogP) is -0.163. The first-order valence-corrected chi connectivity index (χ1v) is 1.34. The Labute approximate surface area is 68.4 Å². The Balaban J connectivity index is -0.0000000150. The van der Waals surface area contributed by atoms with E-state index in [4.69, 9.17) is 0 Å². The molecule has 0 bridgehead atoms. The van der Waals surface area contributed by atoms with Gasteiger partial charge < -0.3 is 4.90 Å². The summed E-state index contributed by atoms with van der Waals surface area (Å²) < 4.78 is 0. The maximum absolute atomic E-state index is 2.00. The molecule has 0 saturated heterocycles. The summed E-state index contributed by atoms with van der Waals surface area (Å²) in [5.41, 5.74) is 0. The third kappa shape index (κ3) is 158. The highest BCUT2D eigenvalue weighted by Gasteiger charge is 1.58. The Morgan fingerprint density at radius 1 is 0.857 bits per heavy atom. The van der Waals surface area contributed by atoms with E-state index in [0.717, 1.165) is 0 Å². The molecule has 48 valence electrons. The summed E-state index contributed by atoms with van der Waals surface area (Å²) >= 11 is 0. The normalized spacial score (nSPS) is 5.14. The van der Waals surface area contributed by atoms with Crippen molar-refractivity contribution in [2.75, 3.05) is 21.1 Å². The van der Waals surface area contributed by atoms with Crippen LogP contribution in [-0.4, -0.2) is 43.4 Å². The Hall–Kier alpha value is 1.07. The molecule has 0 aromatic heterocycles. The van der Waals surface area contributed by atoms with Crippen molar-refractivity contribution in [2.24, 2.45) is 0 Å². The average molecular weight is 162 g/mol. The van der Waals surface area contributed by atoms with Crippen LogP contribution in [0.2, 0.25) is 0 Å². The first kappa shape index (κ1) is 24.3. The topological polar surface area (TPSA) is 3.24 Å². The lowest BCUT2D eigenvalue weighted by molar-refractivity contribution is 0.505. The Morgan fingerprint density at radius 3 is 0.857 bits per heavy atom. The van der Waals surface area contributed by atoms with E-state index in [0.29, 0.717) is 0 Å². The van der Waals surface area contributed by atoms with Crippen molar-refractivity contribution in [1.82, 2.24) is 4.90 Å². The van der Waals surface area contributed by atoms with Crippen molar-refractivity contribution in [3.63, 3.8) is 0 Å². The molecular formula is C3H14AlCl2N. The van der Waals surface area contributed by atoms with Crippen molar-refractivity contribution in [2.45, 2.75) is 0 Å². The van der Waals surface area contributed by atoms with Gasteiger partial charge in [0.2, 0.25) is 0 Å². The van der Waals surface area contributed by atoms with Gasteiger partial charge in [-0.25, -0.2) is 0 Å². The van der Waals surface area contributed by atoms with Crippen LogP contribution in [0.25, 0.3) is 0 Å². The van der Waals surface area contributed by atoms with Crippen molar-refractivity contribution >= 4 is 42.2 Å². The van der Waals surface area contributed by atoms with Crippen LogP contribution in [0.5, 0.6) is 0 Å². The summed E-state index contributed by atoms with van der Waals surface area (Å²) in [5, 5.41) is 0. The van der Waals surface area contributed by atoms with Crippen LogP contribution in [0, 0.1) is 0 Å². The van der Waals surface area contributed by atoms with Crippen LogP contribution in [0.15, 0.2) is 0 Å². The number of hydrogen-bond donors (Lipinski definition) is 0. The third-order valence-corrected chi connectivity index (χ3v) is 0. The molecule has 0 radical (unpaired) electrons. The smallest absolute Gasteiger partial charge is 0.187 e. The van der Waals surface area contributed by atoms with Gasteiger partial charge in [0.15, 0.2) is 17.4 Å². The molecule has 0 heterocycles. The molecule has 0 saturated carbocycles. The van der Waals surface area contributed by atoms with Crippen LogP contribution in [-0.2, 0) is 0 Å². The molecule has 4 heteroatoms. The van der Waals surface area contributed by atoms with E-state index < -0.39 is 0 Å². The molecular weight excluding hydrogens is 148 g/mol. The van der Waals surface area contributed by atoms with Crippen LogP contribution < -0.4 is 0 Å². The van der Waals surface area contributed by atoms with Crippen molar-refractivity contribution in [1.29, 1.82) is 0 Å². The zero-order valence-electron chi connectivity index (χ0n) is 4.26. The van der Waals surface area contributed by atoms with Crippen molar-refractivity contribution in [3.05, 3.63) is 0 Å². The zero-order valence-corrected chi connectivity index (χ0v) is 5.90. The first-order valence-electron chi connectivity index (χ1n) is 1.34. The predicted molar refractivity (Wildman–Crippen MR) is 44.0 cm³/mol. The lowest BCUT2D eigenvalue weighted by Crippen LogP contribution is -1.99. The van der Waals surface area contributed by atoms with Crippen LogP contribution in [0.3, 0.4) is 0 Å². The monoisotopic (exact) mass is 161 g/mol. The first-order chi connectivity index (χ1) is 1.73. The van der Waals surface area contributed by atoms with Gasteiger partial charge in [0.1, 0.15) is 0 Å². The molecule has 0 unspecified atom stereocenters. The second-order valence-electron chi connectivity index (χ2n) is 1.34. The highest BCUT2D eigenvalue weighted by Crippen LogP contribution is 1.47. The largest absolute Gasteiger partial charge is 0.312 e. The standard InChI is InChI=1S/C3H9N.Al.2ClH.3H/c1-4(2)3;;;;;;/h1-3H3;;2*1H;;;. The summed E-state index contributed by atoms with van der Waals surface area (Å²) in [5.74, 6) is 0. The molecule has 0 aliphatic heterocycles. The number of halogens is 2. The van der Waals surface area contributed by atoms with E-state index in [1.54, 1.807) is 0 Å². The van der Waals surface area contributed by atoms with Gasteiger partial charge in [0, 0.05) is 0 Å². The molecule has 1 nitrogen and oxygen atoms in total. The molecule has 0 spiro atoms. The van der Waals surface area contributed by atoms with Gasteiger partial charge >= 0.3 is 0 Å². The summed E-state index contributed by atoms with van der Waals surface area (Å²) in [7, 11) is 6.00. The van der Waals surface area contributed by atoms with E-state index in [9.17, 15) is 0 Å². The van der Waals surface area contributed by atoms with Gasteiger partial charge in [-0.2, -0.15) is 0 Å². The summed E-state index contributed by atoms with van der Waals surface area (Å²) in [6.07, 6.45) is 0. The highest BCUT2D eigenvalue weighted by molar-refractivity contribution is 5.85. The quantitative estimate of drug-likeness (QED) is 0.447. The molecule has 0 aliphatic rings. The molecule has 0 amide bonds. The lowest BCUT2D eigenvalue weighted by Gasteiger charge is -1.90. The maximum Gasteiger partial charge on any atom is 0.187 e. The van der Waals surface area contributed by atoms with Crippen molar-refractivity contribution in [3.8, 4) is 0 Å². The molecule has 0 fully saturated rings. The SMILES string of the molecule is CN(C)C.Cl.Cl.[AlH3]. The van der Waals surface area contributed by atoms with E-state index in [1.807, 2.05) is 26.0 Å². The van der Waals surface area contributed by atoms with E-state index >= 15 is 0 Å². The van der Waals surface area contributed by atoms with Crippen LogP contribution in [0.4, 0.5) is 0 Å². The second kappa shape index (κ2) is 15.7. The van der Waals surface area contributed by atoms with Crippen LogP contribution in [0.1, 0.15) is 0 Å². The molecule has 0 aromatic rings. The minimum Gasteiger partial charge on any atom is -0.312 e. The summed E-state index contributed by atoms with van der Waals surface area (Å²) in [6, 6.07) is 0. The zero-order chi connectivity index (χ0) is 3.58. The van der Waals surface area contributed by atoms with Gasteiger partial charge in [-0.1, -0.05) is 0 Å². The fraction of sp³-hybridized carbons (Fsp3) is 1.00. The van der Waals surface area contributed by atoms with E-state index in [1.165, 1.54) is 0 Å². The van der Waals surface area contributed by atoms with Gasteiger partial charge in [-0.3, -0.25) is 0 Å². The summed E-state index contributed by atoms with van der Waals surface area (Å²) in [4.78, 5) is 2.00. The van der Waals surface area contributed by atoms with Gasteiger partial charge in [-0.15, -0.1) is 24.8 Å². The Morgan fingerprint density at radius 2 is 0.857 bits per heavy atom. The van der Waals surface area contributed by atoms with Crippen molar-refractivity contribution < 1.29 is 0 Å². The molecule has 0 N–H and O–H groups in total. The molecule has 0 atom stereocenters. The molecule has 7 heavy (non-hydrogen) atoms. The third-order valence-electron chi connectivity index (χ3n) is 0. The number of hydrogen-bond acceptors (Lipinski definition) is 1. The number of rotatable bonds is 0. The average Bonchev–Trinajstić information content (AvgIpc) is 0.811. The fourth-order valence-electron chi connectivity index (χ4n) is 0. The lowest BCUT2D eigenvalue weighted by atomic mass is 11.0. The second-order valence-corrected chi connectivity index (χ2v) is 1.34. The van der Waals surface area contributed by atoms with E-state index in [-0.39, 0.29) is 42.2 Å². The minimum atomic E-state index is 0. The molecule has 0 aromatic carbocycles. The minimum absolute atomic E-state index is 0. The van der Waals surface area contributed by atoms with Crippen LogP contribution >= 0.6 is 24.8 Å². The van der Waals surface area contributed by atoms with E-state index in [2.05, 4.69) is 0 Å². The van der Waals surface area contributed by atoms with Gasteiger partial charge in [0.05, 0.1) is 0 Å². The number of nitrogens with zero attached hydrogens (tertiary/aromatic N) is 1. The van der Waals surface area contributed by atoms with Gasteiger partial charge in [0.25, 0.3) is 0 Å². The van der Waals surface area contributed by atoms with Gasteiger partial charge in [-0.05, 0) is 21.1 Å². The summed E-state index contributed by atoms with van der Waals surface area (Å²) in [6.45, 7) is 0.